The van der Waals surface area contributed by atoms with Gasteiger partial charge in [0, 0.05) is 26.2 Å². The smallest absolute Gasteiger partial charge is 0.317 e. The van der Waals surface area contributed by atoms with Crippen molar-refractivity contribution >= 4 is 6.03 Å². The van der Waals surface area contributed by atoms with Gasteiger partial charge in [0.25, 0.3) is 0 Å². The van der Waals surface area contributed by atoms with E-state index < -0.39 is 0 Å². The summed E-state index contributed by atoms with van der Waals surface area (Å²) in [4.78, 5) is 16.6. The van der Waals surface area contributed by atoms with Crippen LogP contribution in [-0.4, -0.2) is 62.3 Å². The maximum Gasteiger partial charge on any atom is 0.317 e. The summed E-state index contributed by atoms with van der Waals surface area (Å²) in [6, 6.07) is 10.5. The van der Waals surface area contributed by atoms with Gasteiger partial charge in [-0.1, -0.05) is 30.3 Å². The van der Waals surface area contributed by atoms with Crippen molar-refractivity contribution in [2.75, 3.05) is 34.3 Å². The third kappa shape index (κ3) is 4.69. The minimum atomic E-state index is 0.0230. The lowest BCUT2D eigenvalue weighted by atomic mass is 9.99. The molecular weight excluding hydrogens is 290 g/mol. The fourth-order valence-corrected chi connectivity index (χ4v) is 3.34. The lowest BCUT2D eigenvalue weighted by Gasteiger charge is -2.35. The van der Waals surface area contributed by atoms with Gasteiger partial charge in [-0.05, 0) is 39.4 Å². The van der Waals surface area contributed by atoms with Gasteiger partial charge in [0.1, 0.15) is 0 Å². The molecule has 1 heterocycles. The fraction of sp³-hybridized carbons (Fsp3) is 0.611. The number of hydrogen-bond acceptors (Lipinski definition) is 3. The first-order valence-corrected chi connectivity index (χ1v) is 8.32. The highest BCUT2D eigenvalue weighted by molar-refractivity contribution is 5.74. The molecule has 0 aromatic heterocycles. The van der Waals surface area contributed by atoms with Crippen LogP contribution in [0.25, 0.3) is 0 Å². The van der Waals surface area contributed by atoms with Gasteiger partial charge in [-0.25, -0.2) is 4.79 Å². The zero-order chi connectivity index (χ0) is 16.8. The number of methoxy groups -OCH3 is 1. The maximum atomic E-state index is 12.5. The molecule has 0 aliphatic carbocycles. The van der Waals surface area contributed by atoms with E-state index in [1.54, 1.807) is 7.11 Å². The predicted molar refractivity (Wildman–Crippen MR) is 92.5 cm³/mol. The lowest BCUT2D eigenvalue weighted by molar-refractivity contribution is 0.0496. The van der Waals surface area contributed by atoms with Crippen LogP contribution in [0.4, 0.5) is 4.79 Å². The molecule has 1 aromatic rings. The predicted octanol–water partition coefficient (Wildman–Crippen LogP) is 2.50. The number of hydrogen-bond donors (Lipinski definition) is 1. The second-order valence-electron chi connectivity index (χ2n) is 6.48. The highest BCUT2D eigenvalue weighted by Crippen LogP contribution is 2.22. The molecule has 23 heavy (non-hydrogen) atoms. The van der Waals surface area contributed by atoms with Crippen LogP contribution < -0.4 is 5.32 Å². The zero-order valence-corrected chi connectivity index (χ0v) is 14.7. The Morgan fingerprint density at radius 3 is 2.39 bits per heavy atom. The topological polar surface area (TPSA) is 44.8 Å². The van der Waals surface area contributed by atoms with Crippen LogP contribution in [0.15, 0.2) is 30.3 Å². The number of amides is 2. The van der Waals surface area contributed by atoms with Crippen molar-refractivity contribution in [3.8, 4) is 0 Å². The molecule has 2 unspecified atom stereocenters. The Morgan fingerprint density at radius 2 is 1.87 bits per heavy atom. The average Bonchev–Trinajstić information content (AvgIpc) is 2.55. The van der Waals surface area contributed by atoms with Gasteiger partial charge >= 0.3 is 6.03 Å². The van der Waals surface area contributed by atoms with Gasteiger partial charge in [-0.3, -0.25) is 0 Å². The van der Waals surface area contributed by atoms with Gasteiger partial charge < -0.3 is 19.9 Å². The third-order valence-corrected chi connectivity index (χ3v) is 4.58. The standard InChI is InChI=1S/C18H29N3O2/c1-14(17(20(2)3)15-8-6-5-7-9-15)19-18(22)21-12-10-16(23-4)11-13-21/h5-9,14,16-17H,10-13H2,1-4H3,(H,19,22). The SMILES string of the molecule is COC1CCN(C(=O)NC(C)C(c2ccccc2)N(C)C)CC1. The van der Waals surface area contributed by atoms with Crippen LogP contribution in [-0.2, 0) is 4.74 Å². The average molecular weight is 319 g/mol. The molecule has 1 N–H and O–H groups in total. The van der Waals surface area contributed by atoms with Gasteiger partial charge in [0.15, 0.2) is 0 Å². The number of nitrogens with zero attached hydrogens (tertiary/aromatic N) is 2. The number of likely N-dealkylation sites (tertiary alicyclic amines) is 1. The van der Waals surface area contributed by atoms with Crippen molar-refractivity contribution in [2.24, 2.45) is 0 Å². The van der Waals surface area contributed by atoms with Crippen molar-refractivity contribution in [2.45, 2.75) is 38.0 Å². The summed E-state index contributed by atoms with van der Waals surface area (Å²) in [5, 5.41) is 3.17. The zero-order valence-electron chi connectivity index (χ0n) is 14.7. The van der Waals surface area contributed by atoms with E-state index in [4.69, 9.17) is 4.74 Å². The number of likely N-dealkylation sites (N-methyl/N-ethyl adjacent to an activating group) is 1. The summed E-state index contributed by atoms with van der Waals surface area (Å²) >= 11 is 0. The lowest BCUT2D eigenvalue weighted by Crippen LogP contribution is -2.50. The number of ether oxygens (including phenoxy) is 1. The van der Waals surface area contributed by atoms with E-state index >= 15 is 0 Å². The Balaban J connectivity index is 1.96. The molecule has 0 radical (unpaired) electrons. The molecule has 0 spiro atoms. The Bertz CT molecular complexity index is 484. The van der Waals surface area contributed by atoms with Gasteiger partial charge in [0.05, 0.1) is 12.1 Å². The molecule has 2 amide bonds. The third-order valence-electron chi connectivity index (χ3n) is 4.58. The summed E-state index contributed by atoms with van der Waals surface area (Å²) in [5.74, 6) is 0. The number of piperidine rings is 1. The molecule has 0 bridgehead atoms. The quantitative estimate of drug-likeness (QED) is 0.907. The normalized spacial score (nSPS) is 18.7. The van der Waals surface area contributed by atoms with Crippen LogP contribution >= 0.6 is 0 Å². The molecule has 5 heteroatoms. The Labute approximate surface area is 139 Å². The first-order chi connectivity index (χ1) is 11.0. The fourth-order valence-electron chi connectivity index (χ4n) is 3.34. The monoisotopic (exact) mass is 319 g/mol. The van der Waals surface area contributed by atoms with Crippen molar-refractivity contribution in [1.29, 1.82) is 0 Å². The Morgan fingerprint density at radius 1 is 1.26 bits per heavy atom. The van der Waals surface area contributed by atoms with Crippen molar-refractivity contribution in [3.63, 3.8) is 0 Å². The molecule has 128 valence electrons. The van der Waals surface area contributed by atoms with E-state index in [-0.39, 0.29) is 24.2 Å². The summed E-state index contributed by atoms with van der Waals surface area (Å²) in [6.07, 6.45) is 2.11. The molecule has 1 fully saturated rings. The summed E-state index contributed by atoms with van der Waals surface area (Å²) < 4.78 is 5.36. The van der Waals surface area contributed by atoms with Crippen LogP contribution in [0.3, 0.4) is 0 Å². The van der Waals surface area contributed by atoms with Crippen molar-refractivity contribution in [1.82, 2.24) is 15.1 Å². The molecule has 0 saturated carbocycles. The molecule has 5 nitrogen and oxygen atoms in total. The van der Waals surface area contributed by atoms with Crippen LogP contribution in [0, 0.1) is 0 Å². The number of carbonyl (C=O) groups excluding carboxylic acids is 1. The Kier molecular flexibility index (Phi) is 6.42. The van der Waals surface area contributed by atoms with E-state index in [0.29, 0.717) is 0 Å². The van der Waals surface area contributed by atoms with Crippen LogP contribution in [0.2, 0.25) is 0 Å². The van der Waals surface area contributed by atoms with E-state index in [1.807, 2.05) is 37.2 Å². The molecule has 2 rings (SSSR count). The molecule has 1 aliphatic rings. The minimum absolute atomic E-state index is 0.0230. The van der Waals surface area contributed by atoms with Crippen molar-refractivity contribution < 1.29 is 9.53 Å². The number of urea groups is 1. The molecule has 1 aromatic carbocycles. The number of benzene rings is 1. The summed E-state index contributed by atoms with van der Waals surface area (Å²) in [5.41, 5.74) is 1.21. The van der Waals surface area contributed by atoms with E-state index in [1.165, 1.54) is 5.56 Å². The van der Waals surface area contributed by atoms with Gasteiger partial charge in [-0.15, -0.1) is 0 Å². The summed E-state index contributed by atoms with van der Waals surface area (Å²) in [6.45, 7) is 3.58. The van der Waals surface area contributed by atoms with Gasteiger partial charge in [0.2, 0.25) is 0 Å². The molecular formula is C18H29N3O2. The number of nitrogens with one attached hydrogen (secondary N) is 1. The van der Waals surface area contributed by atoms with E-state index in [2.05, 4.69) is 29.3 Å². The second kappa shape index (κ2) is 8.31. The highest BCUT2D eigenvalue weighted by Gasteiger charge is 2.27. The van der Waals surface area contributed by atoms with E-state index in [9.17, 15) is 4.79 Å². The Hall–Kier alpha value is -1.59. The number of rotatable bonds is 5. The van der Waals surface area contributed by atoms with E-state index in [0.717, 1.165) is 25.9 Å². The van der Waals surface area contributed by atoms with Gasteiger partial charge in [-0.2, -0.15) is 0 Å². The second-order valence-corrected chi connectivity index (χ2v) is 6.48. The first-order valence-electron chi connectivity index (χ1n) is 8.32. The van der Waals surface area contributed by atoms with Crippen molar-refractivity contribution in [3.05, 3.63) is 35.9 Å². The first kappa shape index (κ1) is 17.8. The maximum absolute atomic E-state index is 12.5. The largest absolute Gasteiger partial charge is 0.381 e. The molecule has 1 aliphatic heterocycles. The molecule has 1 saturated heterocycles. The highest BCUT2D eigenvalue weighted by atomic mass is 16.5. The minimum Gasteiger partial charge on any atom is -0.381 e. The van der Waals surface area contributed by atoms with Crippen LogP contribution in [0.1, 0.15) is 31.4 Å². The summed E-state index contributed by atoms with van der Waals surface area (Å²) in [7, 11) is 5.83. The molecule has 2 atom stereocenters. The number of carbonyl (C=O) groups is 1. The van der Waals surface area contributed by atoms with Crippen LogP contribution in [0.5, 0.6) is 0 Å².